The second-order valence-electron chi connectivity index (χ2n) is 6.88. The lowest BCUT2D eigenvalue weighted by atomic mass is 10.1. The average molecular weight is 422 g/mol. The van der Waals surface area contributed by atoms with Crippen molar-refractivity contribution in [2.75, 3.05) is 18.5 Å². The van der Waals surface area contributed by atoms with Crippen molar-refractivity contribution in [3.05, 3.63) is 71.3 Å². The van der Waals surface area contributed by atoms with Gasteiger partial charge >= 0.3 is 11.8 Å². The highest BCUT2D eigenvalue weighted by Crippen LogP contribution is 2.22. The van der Waals surface area contributed by atoms with Crippen LogP contribution in [0.25, 0.3) is 0 Å². The van der Waals surface area contributed by atoms with E-state index in [-0.39, 0.29) is 19.1 Å². The molecular formula is C23H26N4O4. The molecule has 3 N–H and O–H groups in total. The van der Waals surface area contributed by atoms with Crippen molar-refractivity contribution in [3.8, 4) is 5.75 Å². The van der Waals surface area contributed by atoms with Crippen LogP contribution in [0.2, 0.25) is 0 Å². The van der Waals surface area contributed by atoms with Crippen LogP contribution in [0.4, 0.5) is 5.69 Å². The molecule has 162 valence electrons. The molecular weight excluding hydrogens is 396 g/mol. The zero-order chi connectivity index (χ0) is 22.8. The highest BCUT2D eigenvalue weighted by Gasteiger charge is 2.11. The van der Waals surface area contributed by atoms with Crippen molar-refractivity contribution in [2.45, 2.75) is 20.8 Å². The van der Waals surface area contributed by atoms with E-state index in [2.05, 4.69) is 27.7 Å². The highest BCUT2D eigenvalue weighted by molar-refractivity contribution is 6.35. The monoisotopic (exact) mass is 422 g/mol. The minimum absolute atomic E-state index is 0.159. The van der Waals surface area contributed by atoms with Gasteiger partial charge in [-0.15, -0.1) is 6.58 Å². The van der Waals surface area contributed by atoms with Gasteiger partial charge in [0, 0.05) is 12.2 Å². The second kappa shape index (κ2) is 11.3. The van der Waals surface area contributed by atoms with Gasteiger partial charge in [-0.05, 0) is 49.6 Å². The molecule has 0 saturated heterocycles. The first-order valence-electron chi connectivity index (χ1n) is 9.63. The Morgan fingerprint density at radius 1 is 1.06 bits per heavy atom. The third-order valence-electron chi connectivity index (χ3n) is 4.16. The number of carbonyl (C=O) groups excluding carboxylic acids is 3. The fourth-order valence-corrected chi connectivity index (χ4v) is 2.85. The molecule has 0 fully saturated rings. The normalized spacial score (nSPS) is 10.4. The van der Waals surface area contributed by atoms with E-state index in [9.17, 15) is 14.4 Å². The van der Waals surface area contributed by atoms with Gasteiger partial charge in [-0.25, -0.2) is 5.43 Å². The fraction of sp³-hybridized carbons (Fsp3) is 0.217. The van der Waals surface area contributed by atoms with Gasteiger partial charge in [-0.1, -0.05) is 35.9 Å². The molecule has 0 unspecified atom stereocenters. The van der Waals surface area contributed by atoms with Crippen molar-refractivity contribution >= 4 is 29.6 Å². The Hall–Kier alpha value is -3.94. The Labute approximate surface area is 181 Å². The molecule has 8 nitrogen and oxygen atoms in total. The molecule has 2 rings (SSSR count). The summed E-state index contributed by atoms with van der Waals surface area (Å²) in [5.74, 6) is -1.50. The summed E-state index contributed by atoms with van der Waals surface area (Å²) in [7, 11) is 0. The molecule has 3 amide bonds. The third kappa shape index (κ3) is 7.43. The number of nitrogens with zero attached hydrogens (tertiary/aromatic N) is 1. The lowest BCUT2D eigenvalue weighted by Crippen LogP contribution is -2.37. The molecule has 31 heavy (non-hydrogen) atoms. The predicted octanol–water partition coefficient (Wildman–Crippen LogP) is 2.38. The van der Waals surface area contributed by atoms with Crippen LogP contribution in [0.5, 0.6) is 5.75 Å². The van der Waals surface area contributed by atoms with Crippen LogP contribution in [0.3, 0.4) is 0 Å². The molecule has 0 radical (unpaired) electrons. The number of hydrogen-bond donors (Lipinski definition) is 3. The molecule has 0 saturated carbocycles. The molecule has 0 aliphatic heterocycles. The van der Waals surface area contributed by atoms with Gasteiger partial charge in [0.25, 0.3) is 5.91 Å². The summed E-state index contributed by atoms with van der Waals surface area (Å²) < 4.78 is 5.56. The SMILES string of the molecule is C=CCNC(=O)C(=O)N/N=C\c1cccc(OCC(=O)Nc2c(C)cc(C)cc2C)c1. The predicted molar refractivity (Wildman–Crippen MR) is 120 cm³/mol. The Morgan fingerprint density at radius 2 is 1.77 bits per heavy atom. The molecule has 0 aromatic heterocycles. The number of hydrogen-bond acceptors (Lipinski definition) is 5. The first-order chi connectivity index (χ1) is 14.8. The molecule has 0 spiro atoms. The maximum atomic E-state index is 12.3. The van der Waals surface area contributed by atoms with E-state index in [1.54, 1.807) is 24.3 Å². The Morgan fingerprint density at radius 3 is 2.45 bits per heavy atom. The zero-order valence-corrected chi connectivity index (χ0v) is 17.8. The van der Waals surface area contributed by atoms with Crippen LogP contribution in [0.1, 0.15) is 22.3 Å². The molecule has 0 bridgehead atoms. The van der Waals surface area contributed by atoms with Crippen molar-refractivity contribution in [3.63, 3.8) is 0 Å². The number of ether oxygens (including phenoxy) is 1. The fourth-order valence-electron chi connectivity index (χ4n) is 2.85. The summed E-state index contributed by atoms with van der Waals surface area (Å²) in [5, 5.41) is 8.97. The van der Waals surface area contributed by atoms with E-state index in [1.165, 1.54) is 12.3 Å². The topological polar surface area (TPSA) is 109 Å². The third-order valence-corrected chi connectivity index (χ3v) is 4.16. The van der Waals surface area contributed by atoms with Gasteiger partial charge in [0.05, 0.1) is 6.21 Å². The number of nitrogens with one attached hydrogen (secondary N) is 3. The number of benzene rings is 2. The summed E-state index contributed by atoms with van der Waals surface area (Å²) in [6.45, 7) is 9.37. The summed E-state index contributed by atoms with van der Waals surface area (Å²) in [4.78, 5) is 35.3. The molecule has 0 atom stereocenters. The summed E-state index contributed by atoms with van der Waals surface area (Å²) in [6.07, 6.45) is 2.83. The highest BCUT2D eigenvalue weighted by atomic mass is 16.5. The number of anilines is 1. The Balaban J connectivity index is 1.89. The molecule has 0 aliphatic rings. The zero-order valence-electron chi connectivity index (χ0n) is 17.8. The van der Waals surface area contributed by atoms with Crippen molar-refractivity contribution < 1.29 is 19.1 Å². The molecule has 2 aromatic carbocycles. The van der Waals surface area contributed by atoms with Crippen LogP contribution in [0, 0.1) is 20.8 Å². The minimum atomic E-state index is -0.885. The van der Waals surface area contributed by atoms with E-state index in [0.717, 1.165) is 22.4 Å². The van der Waals surface area contributed by atoms with E-state index in [0.29, 0.717) is 11.3 Å². The average Bonchev–Trinajstić information content (AvgIpc) is 2.73. The molecule has 0 aliphatic carbocycles. The van der Waals surface area contributed by atoms with Crippen LogP contribution in [0.15, 0.2) is 54.2 Å². The van der Waals surface area contributed by atoms with Gasteiger partial charge in [-0.2, -0.15) is 5.10 Å². The molecule has 8 heteroatoms. The van der Waals surface area contributed by atoms with E-state index in [4.69, 9.17) is 4.74 Å². The standard InChI is InChI=1S/C23H26N4O4/c1-5-9-24-22(29)23(30)27-25-13-18-7-6-8-19(12-18)31-14-20(28)26-21-16(3)10-15(2)11-17(21)4/h5-8,10-13H,1,9,14H2,2-4H3,(H,24,29)(H,26,28)(H,27,30)/b25-13-. The first kappa shape index (κ1) is 23.3. The summed E-state index contributed by atoms with van der Waals surface area (Å²) >= 11 is 0. The van der Waals surface area contributed by atoms with Crippen LogP contribution < -0.4 is 20.8 Å². The van der Waals surface area contributed by atoms with Gasteiger partial charge in [-0.3, -0.25) is 14.4 Å². The maximum absolute atomic E-state index is 12.3. The molecule has 0 heterocycles. The lowest BCUT2D eigenvalue weighted by molar-refractivity contribution is -0.139. The number of aryl methyl sites for hydroxylation is 3. The quantitative estimate of drug-likeness (QED) is 0.263. The smallest absolute Gasteiger partial charge is 0.329 e. The molecule has 2 aromatic rings. The maximum Gasteiger partial charge on any atom is 0.329 e. The number of rotatable bonds is 8. The summed E-state index contributed by atoms with van der Waals surface area (Å²) in [5.41, 5.74) is 6.65. The second-order valence-corrected chi connectivity index (χ2v) is 6.88. The van der Waals surface area contributed by atoms with Gasteiger partial charge < -0.3 is 15.4 Å². The van der Waals surface area contributed by atoms with E-state index >= 15 is 0 Å². The van der Waals surface area contributed by atoms with Gasteiger partial charge in [0.2, 0.25) is 0 Å². The summed E-state index contributed by atoms with van der Waals surface area (Å²) in [6, 6.07) is 10.8. The van der Waals surface area contributed by atoms with Gasteiger partial charge in [0.1, 0.15) is 5.75 Å². The van der Waals surface area contributed by atoms with Crippen LogP contribution >= 0.6 is 0 Å². The number of amides is 3. The largest absolute Gasteiger partial charge is 0.484 e. The van der Waals surface area contributed by atoms with Crippen molar-refractivity contribution in [2.24, 2.45) is 5.10 Å². The Bertz CT molecular complexity index is 991. The van der Waals surface area contributed by atoms with Crippen LogP contribution in [-0.4, -0.2) is 37.1 Å². The minimum Gasteiger partial charge on any atom is -0.484 e. The van der Waals surface area contributed by atoms with Gasteiger partial charge in [0.15, 0.2) is 6.61 Å². The Kier molecular flexibility index (Phi) is 8.51. The lowest BCUT2D eigenvalue weighted by Gasteiger charge is -2.13. The van der Waals surface area contributed by atoms with Crippen LogP contribution in [-0.2, 0) is 14.4 Å². The van der Waals surface area contributed by atoms with Crippen molar-refractivity contribution in [1.29, 1.82) is 0 Å². The number of carbonyl (C=O) groups is 3. The first-order valence-corrected chi connectivity index (χ1v) is 9.63. The van der Waals surface area contributed by atoms with Crippen molar-refractivity contribution in [1.82, 2.24) is 10.7 Å². The van der Waals surface area contributed by atoms with E-state index < -0.39 is 11.8 Å². The number of hydrazone groups is 1. The van der Waals surface area contributed by atoms with E-state index in [1.807, 2.05) is 32.9 Å².